The van der Waals surface area contributed by atoms with Gasteiger partial charge in [0.2, 0.25) is 0 Å². The summed E-state index contributed by atoms with van der Waals surface area (Å²) in [6.07, 6.45) is 1.75. The van der Waals surface area contributed by atoms with Crippen molar-refractivity contribution in [3.05, 3.63) is 63.9 Å². The molecule has 28 heavy (non-hydrogen) atoms. The van der Waals surface area contributed by atoms with E-state index in [0.717, 1.165) is 16.0 Å². The van der Waals surface area contributed by atoms with Crippen molar-refractivity contribution < 1.29 is 14.3 Å². The second kappa shape index (κ2) is 9.28. The van der Waals surface area contributed by atoms with Gasteiger partial charge in [-0.15, -0.1) is 6.58 Å². The van der Waals surface area contributed by atoms with Crippen molar-refractivity contribution >= 4 is 50.7 Å². The minimum Gasteiger partial charge on any atom is -0.492 e. The molecule has 0 bridgehead atoms. The molecule has 0 aliphatic carbocycles. The van der Waals surface area contributed by atoms with Gasteiger partial charge in [-0.2, -0.15) is 4.99 Å². The highest BCUT2D eigenvalue weighted by Crippen LogP contribution is 2.28. The quantitative estimate of drug-likeness (QED) is 0.484. The largest absolute Gasteiger partial charge is 0.492 e. The summed E-state index contributed by atoms with van der Waals surface area (Å²) in [6, 6.07) is 10.6. The number of para-hydroxylation sites is 1. The number of halogens is 2. The standard InChI is InChI=1S/C20H18Cl2N2O3S/c1-3-10-24-19-16(26-4-2)6-5-7-17(19)28-20(24)23-18(25)12-27-15-9-8-13(21)11-14(15)22/h3,5-9,11H,1,4,10,12H2,2H3. The van der Waals surface area contributed by atoms with Crippen molar-refractivity contribution in [3.63, 3.8) is 0 Å². The second-order valence-electron chi connectivity index (χ2n) is 5.69. The number of fused-ring (bicyclic) bond motifs is 1. The maximum Gasteiger partial charge on any atom is 0.286 e. The molecule has 0 saturated heterocycles. The fourth-order valence-corrected chi connectivity index (χ4v) is 4.16. The molecule has 1 heterocycles. The van der Waals surface area contributed by atoms with Gasteiger partial charge in [-0.1, -0.05) is 46.7 Å². The van der Waals surface area contributed by atoms with Crippen LogP contribution >= 0.6 is 34.5 Å². The van der Waals surface area contributed by atoms with E-state index in [9.17, 15) is 4.79 Å². The third-order valence-electron chi connectivity index (χ3n) is 3.74. The normalized spacial score (nSPS) is 11.6. The molecule has 0 N–H and O–H groups in total. The van der Waals surface area contributed by atoms with Gasteiger partial charge in [-0.25, -0.2) is 0 Å². The minimum absolute atomic E-state index is 0.234. The Balaban J connectivity index is 1.91. The van der Waals surface area contributed by atoms with Crippen LogP contribution in [0, 0.1) is 0 Å². The highest BCUT2D eigenvalue weighted by atomic mass is 35.5. The number of carbonyl (C=O) groups is 1. The number of rotatable bonds is 7. The molecule has 0 saturated carbocycles. The molecule has 0 atom stereocenters. The van der Waals surface area contributed by atoms with Gasteiger partial charge in [0.05, 0.1) is 16.3 Å². The summed E-state index contributed by atoms with van der Waals surface area (Å²) in [6.45, 7) is 6.54. The zero-order valence-electron chi connectivity index (χ0n) is 15.2. The Labute approximate surface area is 176 Å². The summed E-state index contributed by atoms with van der Waals surface area (Å²) in [5.74, 6) is 0.702. The lowest BCUT2D eigenvalue weighted by molar-refractivity contribution is -0.120. The van der Waals surface area contributed by atoms with Crippen LogP contribution in [0.25, 0.3) is 10.2 Å². The molecule has 2 aromatic carbocycles. The maximum absolute atomic E-state index is 12.4. The Kier molecular flexibility index (Phi) is 6.78. The molecular formula is C20H18Cl2N2O3S. The summed E-state index contributed by atoms with van der Waals surface area (Å²) >= 11 is 13.3. The van der Waals surface area contributed by atoms with Crippen molar-refractivity contribution in [1.29, 1.82) is 0 Å². The van der Waals surface area contributed by atoms with E-state index in [-0.39, 0.29) is 6.61 Å². The van der Waals surface area contributed by atoms with Crippen molar-refractivity contribution in [2.45, 2.75) is 13.5 Å². The second-order valence-corrected chi connectivity index (χ2v) is 7.54. The van der Waals surface area contributed by atoms with Crippen LogP contribution < -0.4 is 14.3 Å². The highest BCUT2D eigenvalue weighted by Gasteiger charge is 2.12. The molecule has 3 aromatic rings. The SMILES string of the molecule is C=CCn1c(=NC(=O)COc2ccc(Cl)cc2Cl)sc2cccc(OCC)c21. The molecular weight excluding hydrogens is 419 g/mol. The lowest BCUT2D eigenvalue weighted by Gasteiger charge is -2.08. The summed E-state index contributed by atoms with van der Waals surface area (Å²) in [5, 5.41) is 0.833. The number of ether oxygens (including phenoxy) is 2. The Morgan fingerprint density at radius 2 is 2.07 bits per heavy atom. The van der Waals surface area contributed by atoms with Crippen LogP contribution in [0.3, 0.4) is 0 Å². The summed E-state index contributed by atoms with van der Waals surface area (Å²) in [7, 11) is 0. The lowest BCUT2D eigenvalue weighted by atomic mass is 10.3. The van der Waals surface area contributed by atoms with Crippen LogP contribution in [-0.2, 0) is 11.3 Å². The number of carbonyl (C=O) groups excluding carboxylic acids is 1. The first-order valence-electron chi connectivity index (χ1n) is 8.55. The van der Waals surface area contributed by atoms with E-state index in [1.54, 1.807) is 24.3 Å². The first kappa shape index (κ1) is 20.5. The minimum atomic E-state index is -0.423. The van der Waals surface area contributed by atoms with E-state index in [0.29, 0.717) is 33.7 Å². The van der Waals surface area contributed by atoms with Crippen molar-refractivity contribution in [3.8, 4) is 11.5 Å². The monoisotopic (exact) mass is 436 g/mol. The Bertz CT molecular complexity index is 1090. The zero-order chi connectivity index (χ0) is 20.1. The van der Waals surface area contributed by atoms with Crippen molar-refractivity contribution in [2.24, 2.45) is 4.99 Å². The smallest absolute Gasteiger partial charge is 0.286 e. The van der Waals surface area contributed by atoms with E-state index < -0.39 is 5.91 Å². The van der Waals surface area contributed by atoms with E-state index in [1.807, 2.05) is 29.7 Å². The molecule has 0 unspecified atom stereocenters. The molecule has 0 aliphatic rings. The van der Waals surface area contributed by atoms with E-state index >= 15 is 0 Å². The molecule has 8 heteroatoms. The fraction of sp³-hybridized carbons (Fsp3) is 0.200. The van der Waals surface area contributed by atoms with Gasteiger partial charge < -0.3 is 14.0 Å². The maximum atomic E-state index is 12.4. The first-order valence-corrected chi connectivity index (χ1v) is 10.1. The topological polar surface area (TPSA) is 52.8 Å². The molecule has 3 rings (SSSR count). The van der Waals surface area contributed by atoms with Gasteiger partial charge in [0.15, 0.2) is 11.4 Å². The molecule has 0 aliphatic heterocycles. The van der Waals surface area contributed by atoms with Gasteiger partial charge >= 0.3 is 0 Å². The van der Waals surface area contributed by atoms with Crippen LogP contribution in [0.2, 0.25) is 10.0 Å². The van der Waals surface area contributed by atoms with Crippen LogP contribution in [0.1, 0.15) is 6.92 Å². The zero-order valence-corrected chi connectivity index (χ0v) is 17.5. The number of allylic oxidation sites excluding steroid dienone is 1. The van der Waals surface area contributed by atoms with Gasteiger partial charge in [-0.05, 0) is 37.3 Å². The molecule has 0 spiro atoms. The summed E-state index contributed by atoms with van der Waals surface area (Å²) in [4.78, 5) is 17.2. The third-order valence-corrected chi connectivity index (χ3v) is 5.32. The molecule has 1 aromatic heterocycles. The molecule has 146 valence electrons. The number of nitrogens with zero attached hydrogens (tertiary/aromatic N) is 2. The fourth-order valence-electron chi connectivity index (χ4n) is 2.62. The predicted molar refractivity (Wildman–Crippen MR) is 114 cm³/mol. The van der Waals surface area contributed by atoms with Crippen LogP contribution in [0.5, 0.6) is 11.5 Å². The van der Waals surface area contributed by atoms with Crippen molar-refractivity contribution in [2.75, 3.05) is 13.2 Å². The third kappa shape index (κ3) is 4.58. The molecule has 5 nitrogen and oxygen atoms in total. The van der Waals surface area contributed by atoms with E-state index in [4.69, 9.17) is 32.7 Å². The van der Waals surface area contributed by atoms with Gasteiger partial charge in [0, 0.05) is 11.6 Å². The van der Waals surface area contributed by atoms with Crippen molar-refractivity contribution in [1.82, 2.24) is 4.57 Å². The van der Waals surface area contributed by atoms with Gasteiger partial charge in [0.25, 0.3) is 5.91 Å². The predicted octanol–water partition coefficient (Wildman–Crippen LogP) is 5.10. The number of aromatic nitrogens is 1. The number of hydrogen-bond donors (Lipinski definition) is 0. The Morgan fingerprint density at radius 3 is 2.79 bits per heavy atom. The van der Waals surface area contributed by atoms with Crippen LogP contribution in [-0.4, -0.2) is 23.7 Å². The van der Waals surface area contributed by atoms with Gasteiger partial charge in [0.1, 0.15) is 17.0 Å². The number of amides is 1. The van der Waals surface area contributed by atoms with Crippen LogP contribution in [0.15, 0.2) is 54.0 Å². The first-order chi connectivity index (χ1) is 13.5. The van der Waals surface area contributed by atoms with E-state index in [2.05, 4.69) is 11.6 Å². The van der Waals surface area contributed by atoms with E-state index in [1.165, 1.54) is 11.3 Å². The molecule has 1 amide bonds. The van der Waals surface area contributed by atoms with Gasteiger partial charge in [-0.3, -0.25) is 4.79 Å². The average Bonchev–Trinajstić information content (AvgIpc) is 3.00. The van der Waals surface area contributed by atoms with Crippen LogP contribution in [0.4, 0.5) is 0 Å². The number of benzene rings is 2. The highest BCUT2D eigenvalue weighted by molar-refractivity contribution is 7.16. The average molecular weight is 437 g/mol. The lowest BCUT2D eigenvalue weighted by Crippen LogP contribution is -2.19. The Hall–Kier alpha value is -2.28. The Morgan fingerprint density at radius 1 is 1.25 bits per heavy atom. The summed E-state index contributed by atoms with van der Waals surface area (Å²) < 4.78 is 14.1. The molecule has 0 fully saturated rings. The number of hydrogen-bond acceptors (Lipinski definition) is 4. The summed E-state index contributed by atoms with van der Waals surface area (Å²) in [5.41, 5.74) is 0.891. The molecule has 0 radical (unpaired) electrons. The number of thiazole rings is 1.